The fourth-order valence-electron chi connectivity index (χ4n) is 5.08. The van der Waals surface area contributed by atoms with Crippen molar-refractivity contribution in [1.82, 2.24) is 20.0 Å². The lowest BCUT2D eigenvalue weighted by molar-refractivity contribution is -0.0386. The standard InChI is InChI=1S/C27H37FN6O5S/c1-26(2,17-39-21(28)13-29)40(37,38)27(10-11-27)16-34-12-9-20-22(32-33(4)23(20)25(34)36)24(35)31-15-19-7-5-18(6-8-19)14-30-3/h5-8,21H,3,9-17,29H2,1-2,4H3,(H,31,35). The first-order chi connectivity index (χ1) is 18.9. The summed E-state index contributed by atoms with van der Waals surface area (Å²) >= 11 is 0. The molecule has 1 aromatic heterocycles. The number of hydrogen-bond acceptors (Lipinski definition) is 8. The monoisotopic (exact) mass is 576 g/mol. The van der Waals surface area contributed by atoms with Crippen molar-refractivity contribution in [3.8, 4) is 0 Å². The minimum absolute atomic E-state index is 0.0110. The number of rotatable bonds is 13. The fraction of sp³-hybridized carbons (Fsp3) is 0.556. The molecule has 0 bridgehead atoms. The van der Waals surface area contributed by atoms with Gasteiger partial charge in [-0.15, -0.1) is 0 Å². The van der Waals surface area contributed by atoms with Crippen molar-refractivity contribution in [2.45, 2.75) is 62.1 Å². The minimum atomic E-state index is -3.81. The van der Waals surface area contributed by atoms with Crippen molar-refractivity contribution in [2.24, 2.45) is 17.8 Å². The molecule has 1 saturated carbocycles. The van der Waals surface area contributed by atoms with Crippen LogP contribution in [0, 0.1) is 0 Å². The van der Waals surface area contributed by atoms with Crippen molar-refractivity contribution in [2.75, 3.05) is 26.2 Å². The Labute approximate surface area is 233 Å². The maximum atomic E-state index is 13.6. The zero-order chi connectivity index (χ0) is 29.3. The Hall–Kier alpha value is -3.16. The number of aliphatic imine (C=N–C) groups is 1. The zero-order valence-electron chi connectivity index (χ0n) is 23.2. The first-order valence-electron chi connectivity index (χ1n) is 13.2. The molecule has 0 spiro atoms. The second-order valence-electron chi connectivity index (χ2n) is 11.1. The van der Waals surface area contributed by atoms with E-state index in [0.717, 1.165) is 11.1 Å². The Morgan fingerprint density at radius 2 is 1.95 bits per heavy atom. The van der Waals surface area contributed by atoms with Gasteiger partial charge in [0.25, 0.3) is 11.8 Å². The van der Waals surface area contributed by atoms with Crippen LogP contribution < -0.4 is 11.1 Å². The fourth-order valence-corrected chi connectivity index (χ4v) is 7.44. The zero-order valence-corrected chi connectivity index (χ0v) is 24.0. The van der Waals surface area contributed by atoms with Crippen molar-refractivity contribution >= 4 is 28.4 Å². The molecule has 2 heterocycles. The van der Waals surface area contributed by atoms with E-state index in [2.05, 4.69) is 22.1 Å². The Bertz CT molecular complexity index is 1380. The lowest BCUT2D eigenvalue weighted by Gasteiger charge is -2.35. The molecule has 2 amide bonds. The van der Waals surface area contributed by atoms with Crippen molar-refractivity contribution in [3.63, 3.8) is 0 Å². The number of nitrogens with two attached hydrogens (primary N) is 1. The Morgan fingerprint density at radius 3 is 2.55 bits per heavy atom. The molecule has 1 fully saturated rings. The number of carbonyl (C=O) groups excluding carboxylic acids is 2. The highest BCUT2D eigenvalue weighted by atomic mass is 32.2. The van der Waals surface area contributed by atoms with E-state index in [0.29, 0.717) is 37.9 Å². The number of hydrogen-bond donors (Lipinski definition) is 2. The van der Waals surface area contributed by atoms with Crippen molar-refractivity contribution in [1.29, 1.82) is 0 Å². The number of nitrogens with one attached hydrogen (secondary N) is 1. The molecule has 1 atom stereocenters. The summed E-state index contributed by atoms with van der Waals surface area (Å²) in [4.78, 5) is 31.9. The van der Waals surface area contributed by atoms with Crippen LogP contribution in [0.5, 0.6) is 0 Å². The van der Waals surface area contributed by atoms with Gasteiger partial charge in [0.2, 0.25) is 6.36 Å². The molecule has 1 aromatic carbocycles. The third-order valence-corrected chi connectivity index (χ3v) is 10.9. The van der Waals surface area contributed by atoms with Crippen LogP contribution in [0.3, 0.4) is 0 Å². The summed E-state index contributed by atoms with van der Waals surface area (Å²) in [5.74, 6) is -0.759. The maximum absolute atomic E-state index is 13.6. The lowest BCUT2D eigenvalue weighted by Crippen LogP contribution is -2.52. The second-order valence-corrected chi connectivity index (χ2v) is 14.0. The molecule has 0 radical (unpaired) electrons. The van der Waals surface area contributed by atoms with Gasteiger partial charge >= 0.3 is 0 Å². The van der Waals surface area contributed by atoms with Crippen LogP contribution in [0.1, 0.15) is 64.4 Å². The van der Waals surface area contributed by atoms with Crippen LogP contribution in [0.2, 0.25) is 0 Å². The van der Waals surface area contributed by atoms with E-state index < -0.39 is 25.7 Å². The molecule has 1 aliphatic heterocycles. The summed E-state index contributed by atoms with van der Waals surface area (Å²) in [6.45, 7) is 6.86. The predicted octanol–water partition coefficient (Wildman–Crippen LogP) is 1.55. The SMILES string of the molecule is C=NCc1ccc(CNC(=O)c2nn(C)c3c2CCN(CC2(S(=O)(=O)C(C)(C)COC(F)CN)CC2)C3=O)cc1. The van der Waals surface area contributed by atoms with E-state index >= 15 is 0 Å². The largest absolute Gasteiger partial charge is 0.347 e. The number of fused-ring (bicyclic) bond motifs is 1. The third-order valence-electron chi connectivity index (χ3n) is 7.63. The van der Waals surface area contributed by atoms with E-state index in [1.807, 2.05) is 24.3 Å². The molecular formula is C27H37FN6O5S. The van der Waals surface area contributed by atoms with Gasteiger partial charge in [-0.05, 0) is 51.0 Å². The number of aromatic nitrogens is 2. The molecule has 2 aromatic rings. The molecule has 3 N–H and O–H groups in total. The van der Waals surface area contributed by atoms with Gasteiger partial charge in [-0.25, -0.2) is 12.8 Å². The normalized spacial score (nSPS) is 17.3. The summed E-state index contributed by atoms with van der Waals surface area (Å²) in [5.41, 5.74) is 8.18. The van der Waals surface area contributed by atoms with Gasteiger partial charge in [-0.2, -0.15) is 5.10 Å². The molecule has 13 heteroatoms. The summed E-state index contributed by atoms with van der Waals surface area (Å²) in [6.07, 6.45) is -0.586. The minimum Gasteiger partial charge on any atom is -0.347 e. The highest BCUT2D eigenvalue weighted by Crippen LogP contribution is 2.49. The average Bonchev–Trinajstić information content (AvgIpc) is 3.64. The third kappa shape index (κ3) is 5.68. The van der Waals surface area contributed by atoms with Crippen molar-refractivity contribution < 1.29 is 27.1 Å². The first-order valence-corrected chi connectivity index (χ1v) is 14.7. The number of ether oxygens (including phenoxy) is 1. The number of nitrogens with zero attached hydrogens (tertiary/aromatic N) is 4. The van der Waals surface area contributed by atoms with Gasteiger partial charge in [-0.3, -0.25) is 19.3 Å². The Kier molecular flexibility index (Phi) is 8.48. The highest BCUT2D eigenvalue weighted by Gasteiger charge is 2.61. The van der Waals surface area contributed by atoms with Gasteiger partial charge < -0.3 is 20.7 Å². The summed E-state index contributed by atoms with van der Waals surface area (Å²) < 4.78 is 44.7. The number of sulfone groups is 1. The van der Waals surface area contributed by atoms with Crippen LogP contribution in [-0.4, -0.2) is 83.7 Å². The van der Waals surface area contributed by atoms with Crippen LogP contribution in [0.4, 0.5) is 4.39 Å². The number of aryl methyl sites for hydroxylation is 1. The number of alkyl halides is 1. The smallest absolute Gasteiger partial charge is 0.272 e. The quantitative estimate of drug-likeness (QED) is 0.344. The highest BCUT2D eigenvalue weighted by molar-refractivity contribution is 7.94. The van der Waals surface area contributed by atoms with Crippen molar-refractivity contribution in [3.05, 3.63) is 52.3 Å². The Morgan fingerprint density at radius 1 is 1.30 bits per heavy atom. The molecular weight excluding hydrogens is 539 g/mol. The van der Waals surface area contributed by atoms with E-state index in [4.69, 9.17) is 10.5 Å². The van der Waals surface area contributed by atoms with Gasteiger partial charge in [0.05, 0.1) is 22.6 Å². The van der Waals surface area contributed by atoms with Gasteiger partial charge in [0, 0.05) is 38.8 Å². The molecule has 1 aliphatic carbocycles. The lowest BCUT2D eigenvalue weighted by atomic mass is 10.0. The average molecular weight is 577 g/mol. The molecule has 2 aliphatic rings. The van der Waals surface area contributed by atoms with E-state index in [1.165, 1.54) is 23.4 Å². The topological polar surface area (TPSA) is 149 Å². The summed E-state index contributed by atoms with van der Waals surface area (Å²) in [5, 5.41) is 7.20. The molecule has 0 saturated heterocycles. The molecule has 11 nitrogen and oxygen atoms in total. The van der Waals surface area contributed by atoms with Crippen LogP contribution in [-0.2, 0) is 41.1 Å². The molecule has 1 unspecified atom stereocenters. The van der Waals surface area contributed by atoms with Gasteiger partial charge in [0.15, 0.2) is 15.5 Å². The number of amides is 2. The first kappa shape index (κ1) is 29.8. The van der Waals surface area contributed by atoms with Crippen LogP contribution in [0.25, 0.3) is 0 Å². The van der Waals surface area contributed by atoms with Gasteiger partial charge in [0.1, 0.15) is 5.69 Å². The number of carbonyl (C=O) groups is 2. The Balaban J connectivity index is 1.45. The molecule has 40 heavy (non-hydrogen) atoms. The molecule has 4 rings (SSSR count). The van der Waals surface area contributed by atoms with Crippen LogP contribution in [0.15, 0.2) is 29.3 Å². The molecule has 218 valence electrons. The summed E-state index contributed by atoms with van der Waals surface area (Å²) in [7, 11) is -2.21. The maximum Gasteiger partial charge on any atom is 0.272 e. The van der Waals surface area contributed by atoms with E-state index in [-0.39, 0.29) is 49.4 Å². The summed E-state index contributed by atoms with van der Waals surface area (Å²) in [6, 6.07) is 7.65. The van der Waals surface area contributed by atoms with Crippen LogP contribution >= 0.6 is 0 Å². The second kappa shape index (κ2) is 11.4. The van der Waals surface area contributed by atoms with E-state index in [1.54, 1.807) is 7.05 Å². The van der Waals surface area contributed by atoms with E-state index in [9.17, 15) is 22.4 Å². The number of halogens is 1. The number of benzene rings is 1. The van der Waals surface area contributed by atoms with Gasteiger partial charge in [-0.1, -0.05) is 24.3 Å². The predicted molar refractivity (Wildman–Crippen MR) is 149 cm³/mol.